The highest BCUT2D eigenvalue weighted by molar-refractivity contribution is 5.78. The van der Waals surface area contributed by atoms with Crippen molar-refractivity contribution in [2.75, 3.05) is 0 Å². The van der Waals surface area contributed by atoms with Crippen molar-refractivity contribution in [3.63, 3.8) is 0 Å². The second kappa shape index (κ2) is 4.64. The summed E-state index contributed by atoms with van der Waals surface area (Å²) in [6, 6.07) is 0. The number of carbonyl (C=O) groups is 1. The summed E-state index contributed by atoms with van der Waals surface area (Å²) in [4.78, 5) is 11.3. The Balaban J connectivity index is 2.36. The lowest BCUT2D eigenvalue weighted by Gasteiger charge is -2.14. The van der Waals surface area contributed by atoms with Gasteiger partial charge in [-0.15, -0.1) is 0 Å². The van der Waals surface area contributed by atoms with E-state index in [-0.39, 0.29) is 0 Å². The first-order valence-corrected chi connectivity index (χ1v) is 5.20. The van der Waals surface area contributed by atoms with Gasteiger partial charge in [0, 0.05) is 12.8 Å². The summed E-state index contributed by atoms with van der Waals surface area (Å²) >= 11 is 0. The molecular weight excluding hydrogens is 148 g/mol. The number of carbonyl (C=O) groups excluding carboxylic acids is 1. The standard InChI is InChI=1S/C11H20O/c1-9(2)7-10-5-3-4-6-11(12)8-10/h9-10H,3-8H2,1-2H3. The second-order valence-electron chi connectivity index (χ2n) is 4.48. The van der Waals surface area contributed by atoms with Crippen LogP contribution in [-0.2, 0) is 4.79 Å². The average molecular weight is 168 g/mol. The maximum atomic E-state index is 11.3. The molecule has 0 aromatic rings. The molecule has 0 bridgehead atoms. The van der Waals surface area contributed by atoms with Crippen molar-refractivity contribution in [3.05, 3.63) is 0 Å². The van der Waals surface area contributed by atoms with E-state index in [0.717, 1.165) is 25.2 Å². The van der Waals surface area contributed by atoms with Crippen molar-refractivity contribution in [2.45, 2.75) is 52.4 Å². The Labute approximate surface area is 75.5 Å². The van der Waals surface area contributed by atoms with Gasteiger partial charge in [0.25, 0.3) is 0 Å². The van der Waals surface area contributed by atoms with Gasteiger partial charge in [-0.3, -0.25) is 4.79 Å². The van der Waals surface area contributed by atoms with Crippen molar-refractivity contribution in [1.29, 1.82) is 0 Å². The molecule has 70 valence electrons. The van der Waals surface area contributed by atoms with Crippen molar-refractivity contribution < 1.29 is 4.79 Å². The lowest BCUT2D eigenvalue weighted by Crippen LogP contribution is -2.07. The molecule has 1 unspecified atom stereocenters. The molecule has 1 aliphatic carbocycles. The third kappa shape index (κ3) is 3.38. The first-order chi connectivity index (χ1) is 5.68. The summed E-state index contributed by atoms with van der Waals surface area (Å²) in [5.41, 5.74) is 0. The Kier molecular flexibility index (Phi) is 3.77. The molecule has 0 N–H and O–H groups in total. The molecule has 0 aromatic heterocycles. The zero-order valence-corrected chi connectivity index (χ0v) is 8.31. The van der Waals surface area contributed by atoms with Crippen LogP contribution in [0.25, 0.3) is 0 Å². The van der Waals surface area contributed by atoms with Crippen molar-refractivity contribution in [1.82, 2.24) is 0 Å². The molecule has 0 heterocycles. The first-order valence-electron chi connectivity index (χ1n) is 5.20. The van der Waals surface area contributed by atoms with E-state index in [4.69, 9.17) is 0 Å². The van der Waals surface area contributed by atoms with E-state index in [1.807, 2.05) is 0 Å². The molecule has 1 atom stereocenters. The molecule has 0 amide bonds. The van der Waals surface area contributed by atoms with Gasteiger partial charge in [-0.25, -0.2) is 0 Å². The van der Waals surface area contributed by atoms with Gasteiger partial charge in [0.05, 0.1) is 0 Å². The Morgan fingerprint density at radius 2 is 2.17 bits per heavy atom. The van der Waals surface area contributed by atoms with E-state index in [1.54, 1.807) is 0 Å². The number of hydrogen-bond acceptors (Lipinski definition) is 1. The molecule has 12 heavy (non-hydrogen) atoms. The van der Waals surface area contributed by atoms with Gasteiger partial charge in [0.1, 0.15) is 5.78 Å². The minimum Gasteiger partial charge on any atom is -0.300 e. The Morgan fingerprint density at radius 3 is 2.83 bits per heavy atom. The molecule has 1 heteroatoms. The van der Waals surface area contributed by atoms with Gasteiger partial charge < -0.3 is 0 Å². The van der Waals surface area contributed by atoms with Crippen molar-refractivity contribution >= 4 is 5.78 Å². The Bertz CT molecular complexity index is 149. The maximum Gasteiger partial charge on any atom is 0.133 e. The maximum absolute atomic E-state index is 11.3. The van der Waals surface area contributed by atoms with Crippen LogP contribution in [0.4, 0.5) is 0 Å². The fourth-order valence-corrected chi connectivity index (χ4v) is 2.15. The Morgan fingerprint density at radius 1 is 1.42 bits per heavy atom. The smallest absolute Gasteiger partial charge is 0.133 e. The van der Waals surface area contributed by atoms with E-state index in [2.05, 4.69) is 13.8 Å². The van der Waals surface area contributed by atoms with Crippen LogP contribution in [0.3, 0.4) is 0 Å². The molecule has 1 aliphatic rings. The predicted molar refractivity (Wildman–Crippen MR) is 51.0 cm³/mol. The topological polar surface area (TPSA) is 17.1 Å². The first kappa shape index (κ1) is 9.76. The lowest BCUT2D eigenvalue weighted by atomic mass is 9.90. The highest BCUT2D eigenvalue weighted by Gasteiger charge is 2.18. The Hall–Kier alpha value is -0.330. The van der Waals surface area contributed by atoms with Crippen LogP contribution < -0.4 is 0 Å². The molecule has 0 aromatic carbocycles. The van der Waals surface area contributed by atoms with Gasteiger partial charge in [-0.1, -0.05) is 26.7 Å². The fourth-order valence-electron chi connectivity index (χ4n) is 2.15. The van der Waals surface area contributed by atoms with Gasteiger partial charge in [-0.05, 0) is 24.7 Å². The number of ketones is 1. The van der Waals surface area contributed by atoms with E-state index < -0.39 is 0 Å². The van der Waals surface area contributed by atoms with Crippen LogP contribution in [-0.4, -0.2) is 5.78 Å². The van der Waals surface area contributed by atoms with Gasteiger partial charge in [0.2, 0.25) is 0 Å². The summed E-state index contributed by atoms with van der Waals surface area (Å²) < 4.78 is 0. The quantitative estimate of drug-likeness (QED) is 0.579. The van der Waals surface area contributed by atoms with Crippen LogP contribution in [0.5, 0.6) is 0 Å². The molecule has 1 saturated carbocycles. The average Bonchev–Trinajstić information content (AvgIpc) is 2.12. The van der Waals surface area contributed by atoms with Gasteiger partial charge in [-0.2, -0.15) is 0 Å². The second-order valence-corrected chi connectivity index (χ2v) is 4.48. The summed E-state index contributed by atoms with van der Waals surface area (Å²) in [6.07, 6.45) is 6.62. The molecule has 1 fully saturated rings. The van der Waals surface area contributed by atoms with Crippen molar-refractivity contribution in [2.24, 2.45) is 11.8 Å². The van der Waals surface area contributed by atoms with Crippen molar-refractivity contribution in [3.8, 4) is 0 Å². The van der Waals surface area contributed by atoms with Crippen LogP contribution in [0.2, 0.25) is 0 Å². The largest absolute Gasteiger partial charge is 0.300 e. The zero-order chi connectivity index (χ0) is 8.97. The summed E-state index contributed by atoms with van der Waals surface area (Å²) in [5.74, 6) is 1.94. The normalized spacial score (nSPS) is 25.9. The number of hydrogen-bond donors (Lipinski definition) is 0. The number of Topliss-reactive ketones (excluding diaryl/α,β-unsaturated/α-hetero) is 1. The third-order valence-corrected chi connectivity index (χ3v) is 2.64. The van der Waals surface area contributed by atoms with Crippen LogP contribution in [0, 0.1) is 11.8 Å². The molecule has 0 radical (unpaired) electrons. The minimum absolute atomic E-state index is 0.498. The van der Waals surface area contributed by atoms with Crippen LogP contribution >= 0.6 is 0 Å². The molecule has 0 spiro atoms. The molecule has 1 rings (SSSR count). The highest BCUT2D eigenvalue weighted by atomic mass is 16.1. The van der Waals surface area contributed by atoms with Crippen LogP contribution in [0.1, 0.15) is 52.4 Å². The monoisotopic (exact) mass is 168 g/mol. The predicted octanol–water partition coefficient (Wildman–Crippen LogP) is 3.18. The third-order valence-electron chi connectivity index (χ3n) is 2.64. The lowest BCUT2D eigenvalue weighted by molar-refractivity contribution is -0.119. The SMILES string of the molecule is CC(C)CC1CCCCC(=O)C1. The molecule has 0 saturated heterocycles. The van der Waals surface area contributed by atoms with E-state index in [0.29, 0.717) is 11.7 Å². The summed E-state index contributed by atoms with van der Waals surface area (Å²) in [6.45, 7) is 4.49. The summed E-state index contributed by atoms with van der Waals surface area (Å²) in [5, 5.41) is 0. The van der Waals surface area contributed by atoms with Gasteiger partial charge in [0.15, 0.2) is 0 Å². The zero-order valence-electron chi connectivity index (χ0n) is 8.31. The fraction of sp³-hybridized carbons (Fsp3) is 0.909. The summed E-state index contributed by atoms with van der Waals surface area (Å²) in [7, 11) is 0. The van der Waals surface area contributed by atoms with E-state index >= 15 is 0 Å². The highest BCUT2D eigenvalue weighted by Crippen LogP contribution is 2.26. The van der Waals surface area contributed by atoms with Crippen LogP contribution in [0.15, 0.2) is 0 Å². The van der Waals surface area contributed by atoms with E-state index in [1.165, 1.54) is 19.3 Å². The van der Waals surface area contributed by atoms with Gasteiger partial charge >= 0.3 is 0 Å². The molecule has 0 aliphatic heterocycles. The minimum atomic E-state index is 0.498. The molecule has 1 nitrogen and oxygen atoms in total. The van der Waals surface area contributed by atoms with E-state index in [9.17, 15) is 4.79 Å². The molecular formula is C11H20O. The number of rotatable bonds is 2.